The van der Waals surface area contributed by atoms with E-state index in [9.17, 15) is 19.6 Å². The molecular weight excluding hydrogens is 382 g/mol. The lowest BCUT2D eigenvalue weighted by molar-refractivity contribution is -0.143. The van der Waals surface area contributed by atoms with Crippen molar-refractivity contribution in [3.8, 4) is 0 Å². The first-order chi connectivity index (χ1) is 13.5. The quantitative estimate of drug-likeness (QED) is 0.309. The molecule has 162 valence electrons. The Labute approximate surface area is 169 Å². The number of carbonyl (C=O) groups is 3. The Morgan fingerprint density at radius 3 is 2.62 bits per heavy atom. The molecule has 3 aliphatic rings. The number of amides is 4. The van der Waals surface area contributed by atoms with Crippen molar-refractivity contribution in [2.24, 2.45) is 4.99 Å². The minimum atomic E-state index is -0.649. The number of rotatable bonds is 3. The number of hydrogen-bond donors (Lipinski definition) is 2. The summed E-state index contributed by atoms with van der Waals surface area (Å²) >= 11 is 0. The van der Waals surface area contributed by atoms with Crippen molar-refractivity contribution < 1.29 is 29.2 Å². The summed E-state index contributed by atoms with van der Waals surface area (Å²) in [4.78, 5) is 49.0. The van der Waals surface area contributed by atoms with Crippen molar-refractivity contribution in [3.05, 3.63) is 0 Å². The molecule has 3 rings (SSSR count). The first-order valence-corrected chi connectivity index (χ1v) is 9.82. The molecule has 2 N–H and O–H groups in total. The molecule has 1 unspecified atom stereocenters. The van der Waals surface area contributed by atoms with Gasteiger partial charge < -0.3 is 14.5 Å². The fourth-order valence-corrected chi connectivity index (χ4v) is 3.74. The van der Waals surface area contributed by atoms with Crippen LogP contribution in [0.25, 0.3) is 0 Å². The van der Waals surface area contributed by atoms with Crippen LogP contribution in [-0.4, -0.2) is 87.4 Å². The lowest BCUT2D eigenvalue weighted by Crippen LogP contribution is -2.50. The zero-order valence-electron chi connectivity index (χ0n) is 17.3. The zero-order chi connectivity index (χ0) is 21.3. The Morgan fingerprint density at radius 1 is 1.21 bits per heavy atom. The van der Waals surface area contributed by atoms with E-state index >= 15 is 0 Å². The van der Waals surface area contributed by atoms with Gasteiger partial charge in [0.2, 0.25) is 0 Å². The Kier molecular flexibility index (Phi) is 5.99. The fourth-order valence-electron chi connectivity index (χ4n) is 3.74. The molecule has 0 aromatic heterocycles. The van der Waals surface area contributed by atoms with E-state index in [1.807, 2.05) is 4.90 Å². The van der Waals surface area contributed by atoms with Crippen LogP contribution in [0.1, 0.15) is 47.0 Å². The molecule has 29 heavy (non-hydrogen) atoms. The molecule has 2 bridgehead atoms. The zero-order valence-corrected chi connectivity index (χ0v) is 17.3. The van der Waals surface area contributed by atoms with E-state index in [1.165, 1.54) is 4.90 Å². The molecule has 3 atom stereocenters. The lowest BCUT2D eigenvalue weighted by atomic mass is 10.0. The third-order valence-corrected chi connectivity index (χ3v) is 5.22. The van der Waals surface area contributed by atoms with E-state index in [4.69, 9.17) is 9.57 Å². The van der Waals surface area contributed by atoms with Gasteiger partial charge in [-0.3, -0.25) is 14.8 Å². The van der Waals surface area contributed by atoms with Gasteiger partial charge in [-0.2, -0.15) is 4.99 Å². The van der Waals surface area contributed by atoms with Crippen molar-refractivity contribution in [2.45, 2.75) is 70.7 Å². The van der Waals surface area contributed by atoms with E-state index in [-0.39, 0.29) is 12.1 Å². The highest BCUT2D eigenvalue weighted by Gasteiger charge is 2.47. The Hall–Kier alpha value is -2.40. The number of hydroxylamine groups is 3. The molecule has 0 aromatic rings. The highest BCUT2D eigenvalue weighted by atomic mass is 16.7. The summed E-state index contributed by atoms with van der Waals surface area (Å²) in [6.45, 7) is 8.50. The number of amidine groups is 1. The van der Waals surface area contributed by atoms with Crippen LogP contribution >= 0.6 is 0 Å². The molecule has 11 nitrogen and oxygen atoms in total. The molecule has 3 saturated heterocycles. The minimum Gasteiger partial charge on any atom is -0.442 e. The smallest absolute Gasteiger partial charge is 0.435 e. The van der Waals surface area contributed by atoms with E-state index < -0.39 is 29.7 Å². The van der Waals surface area contributed by atoms with E-state index in [1.54, 1.807) is 27.7 Å². The SMILES string of the molecule is CC(=NC(=O)OC(C)(C)C)N1CCC(ONC(=O)[C@@H]2CC[C@@H]3CN2C(=O)N3O)C1. The molecule has 3 aliphatic heterocycles. The van der Waals surface area contributed by atoms with E-state index in [0.717, 1.165) is 0 Å². The molecule has 0 aromatic carbocycles. The van der Waals surface area contributed by atoms with Gasteiger partial charge in [0, 0.05) is 19.6 Å². The molecule has 0 radical (unpaired) electrons. The molecular formula is C18H29N5O6. The van der Waals surface area contributed by atoms with E-state index in [2.05, 4.69) is 10.5 Å². The predicted octanol–water partition coefficient (Wildman–Crippen LogP) is 1.12. The number of carbonyl (C=O) groups excluding carboxylic acids is 3. The minimum absolute atomic E-state index is 0.247. The maximum atomic E-state index is 12.5. The first kappa shape index (κ1) is 21.3. The summed E-state index contributed by atoms with van der Waals surface area (Å²) in [5.74, 6) is 0.130. The first-order valence-electron chi connectivity index (χ1n) is 9.82. The maximum Gasteiger partial charge on any atom is 0.435 e. The third kappa shape index (κ3) is 4.96. The molecule has 11 heteroatoms. The van der Waals surface area contributed by atoms with Crippen LogP contribution in [0, 0.1) is 0 Å². The molecule has 3 fully saturated rings. The summed E-state index contributed by atoms with van der Waals surface area (Å²) in [5.41, 5.74) is 1.85. The van der Waals surface area contributed by atoms with Gasteiger partial charge in [-0.1, -0.05) is 0 Å². The monoisotopic (exact) mass is 411 g/mol. The lowest BCUT2D eigenvalue weighted by Gasteiger charge is -2.29. The van der Waals surface area contributed by atoms with Crippen LogP contribution in [0.15, 0.2) is 4.99 Å². The topological polar surface area (TPSA) is 124 Å². The second-order valence-corrected chi connectivity index (χ2v) is 8.61. The molecule has 3 heterocycles. The average Bonchev–Trinajstić information content (AvgIpc) is 3.19. The average molecular weight is 411 g/mol. The maximum absolute atomic E-state index is 12.5. The van der Waals surface area contributed by atoms with Gasteiger partial charge in [0.15, 0.2) is 0 Å². The number of hydrogen-bond acceptors (Lipinski definition) is 6. The van der Waals surface area contributed by atoms with Crippen LogP contribution in [0.2, 0.25) is 0 Å². The van der Waals surface area contributed by atoms with Crippen molar-refractivity contribution in [1.82, 2.24) is 20.3 Å². The Morgan fingerprint density at radius 2 is 1.93 bits per heavy atom. The van der Waals surface area contributed by atoms with Crippen molar-refractivity contribution in [1.29, 1.82) is 0 Å². The second kappa shape index (κ2) is 8.15. The van der Waals surface area contributed by atoms with Crippen molar-refractivity contribution in [3.63, 3.8) is 0 Å². The summed E-state index contributed by atoms with van der Waals surface area (Å²) in [7, 11) is 0. The standard InChI is InChI=1S/C18H29N5O6/c1-11(19-16(25)28-18(2,3)4)21-8-7-13(10-21)29-20-15(24)14-6-5-12-9-22(14)17(26)23(12)27/h12-14,27H,5-10H2,1-4H3,(H,20,24)/t12-,13?,14+/m1/s1. The van der Waals surface area contributed by atoms with Gasteiger partial charge in [-0.25, -0.2) is 20.1 Å². The molecule has 0 spiro atoms. The van der Waals surface area contributed by atoms with Crippen LogP contribution in [0.4, 0.5) is 9.59 Å². The predicted molar refractivity (Wildman–Crippen MR) is 101 cm³/mol. The highest BCUT2D eigenvalue weighted by Crippen LogP contribution is 2.28. The van der Waals surface area contributed by atoms with Gasteiger partial charge in [-0.15, -0.1) is 0 Å². The Bertz CT molecular complexity index is 705. The van der Waals surface area contributed by atoms with Gasteiger partial charge in [-0.05, 0) is 47.0 Å². The van der Waals surface area contributed by atoms with Gasteiger partial charge in [0.25, 0.3) is 5.91 Å². The number of piperidine rings is 1. The number of ether oxygens (including phenoxy) is 1. The summed E-state index contributed by atoms with van der Waals surface area (Å²) in [5, 5.41) is 10.4. The van der Waals surface area contributed by atoms with Gasteiger partial charge in [0.1, 0.15) is 23.6 Å². The third-order valence-electron chi connectivity index (χ3n) is 5.22. The summed E-state index contributed by atoms with van der Waals surface area (Å²) in [6.07, 6.45) is 0.788. The number of urea groups is 1. The fraction of sp³-hybridized carbons (Fsp3) is 0.778. The second-order valence-electron chi connectivity index (χ2n) is 8.61. The molecule has 0 aliphatic carbocycles. The van der Waals surface area contributed by atoms with Crippen LogP contribution in [0.5, 0.6) is 0 Å². The van der Waals surface area contributed by atoms with Crippen molar-refractivity contribution >= 4 is 23.9 Å². The van der Waals surface area contributed by atoms with Crippen LogP contribution < -0.4 is 5.48 Å². The number of nitrogens with one attached hydrogen (secondary N) is 1. The molecule has 0 saturated carbocycles. The Balaban J connectivity index is 1.46. The van der Waals surface area contributed by atoms with Crippen molar-refractivity contribution in [2.75, 3.05) is 19.6 Å². The van der Waals surface area contributed by atoms with Crippen LogP contribution in [-0.2, 0) is 14.4 Å². The summed E-state index contributed by atoms with van der Waals surface area (Å²) in [6, 6.07) is -1.44. The number of aliphatic imine (C=N–C) groups is 1. The van der Waals surface area contributed by atoms with Crippen LogP contribution in [0.3, 0.4) is 0 Å². The molecule has 4 amide bonds. The normalized spacial score (nSPS) is 27.5. The van der Waals surface area contributed by atoms with E-state index in [0.29, 0.717) is 49.8 Å². The van der Waals surface area contributed by atoms with Gasteiger partial charge >= 0.3 is 12.1 Å². The highest BCUT2D eigenvalue weighted by molar-refractivity contribution is 5.90. The number of fused-ring (bicyclic) bond motifs is 2. The summed E-state index contributed by atoms with van der Waals surface area (Å²) < 4.78 is 5.19. The van der Waals surface area contributed by atoms with Gasteiger partial charge in [0.05, 0.1) is 6.04 Å². The number of nitrogens with zero attached hydrogens (tertiary/aromatic N) is 4. The number of likely N-dealkylation sites (tertiary alicyclic amines) is 1. The largest absolute Gasteiger partial charge is 0.442 e.